The van der Waals surface area contributed by atoms with Gasteiger partial charge in [-0.1, -0.05) is 79.7 Å². The van der Waals surface area contributed by atoms with E-state index in [0.717, 1.165) is 22.4 Å². The van der Waals surface area contributed by atoms with E-state index in [1.165, 1.54) is 4.90 Å². The van der Waals surface area contributed by atoms with E-state index in [-0.39, 0.29) is 29.6 Å². The molecule has 0 aliphatic carbocycles. The Morgan fingerprint density at radius 1 is 0.795 bits per heavy atom. The van der Waals surface area contributed by atoms with Gasteiger partial charge < -0.3 is 14.6 Å². The van der Waals surface area contributed by atoms with Gasteiger partial charge in [-0.15, -0.1) is 11.8 Å². The van der Waals surface area contributed by atoms with Crippen LogP contribution in [0.25, 0.3) is 0 Å². The third-order valence-corrected chi connectivity index (χ3v) is 9.27. The molecule has 202 valence electrons. The maximum Gasteiger partial charge on any atom is 0.261 e. The number of benzene rings is 4. The summed E-state index contributed by atoms with van der Waals surface area (Å²) in [5.74, 6) is 0.833. The highest BCUT2D eigenvalue weighted by atomic mass is 32.2. The van der Waals surface area contributed by atoms with Crippen molar-refractivity contribution in [1.82, 2.24) is 0 Å². The molecular formula is C31H31NO5S2. The molecule has 0 spiro atoms. The van der Waals surface area contributed by atoms with Crippen molar-refractivity contribution in [1.29, 1.82) is 0 Å². The summed E-state index contributed by atoms with van der Waals surface area (Å²) < 4.78 is 41.1. The lowest BCUT2D eigenvalue weighted by Gasteiger charge is -2.41. The van der Waals surface area contributed by atoms with E-state index in [4.69, 9.17) is 9.47 Å². The largest absolute Gasteiger partial charge is 0.392 e. The lowest BCUT2D eigenvalue weighted by atomic mass is 9.91. The predicted octanol–water partition coefficient (Wildman–Crippen LogP) is 6.56. The second-order valence-corrected chi connectivity index (χ2v) is 12.3. The number of aliphatic hydroxyl groups is 1. The minimum atomic E-state index is -3.68. The number of hydrogen-bond acceptors (Lipinski definition) is 6. The topological polar surface area (TPSA) is 84.9 Å². The number of rotatable bonds is 9. The van der Waals surface area contributed by atoms with Gasteiger partial charge >= 0.3 is 0 Å². The Hall–Kier alpha value is -3.14. The number of aliphatic hydroxyl groups excluding tert-OH is 1. The highest BCUT2D eigenvalue weighted by molar-refractivity contribution is 7.99. The van der Waals surface area contributed by atoms with E-state index in [1.54, 1.807) is 54.2 Å². The van der Waals surface area contributed by atoms with Gasteiger partial charge in [0, 0.05) is 27.8 Å². The molecule has 0 radical (unpaired) electrons. The first-order chi connectivity index (χ1) is 18.9. The molecule has 5 rings (SSSR count). The quantitative estimate of drug-likeness (QED) is 0.225. The van der Waals surface area contributed by atoms with Crippen molar-refractivity contribution in [3.05, 3.63) is 126 Å². The molecule has 0 aromatic heterocycles. The summed E-state index contributed by atoms with van der Waals surface area (Å²) >= 11 is 1.75. The lowest BCUT2D eigenvalue weighted by Crippen LogP contribution is -2.38. The fourth-order valence-corrected chi connectivity index (χ4v) is 6.70. The molecule has 2 N–H and O–H groups in total. The van der Waals surface area contributed by atoms with Crippen molar-refractivity contribution in [2.75, 3.05) is 10.5 Å². The van der Waals surface area contributed by atoms with Crippen LogP contribution >= 0.6 is 11.8 Å². The minimum Gasteiger partial charge on any atom is -0.392 e. The summed E-state index contributed by atoms with van der Waals surface area (Å²) in [6.07, 6.45) is -0.924. The minimum absolute atomic E-state index is 0.0101. The maximum absolute atomic E-state index is 12.7. The first kappa shape index (κ1) is 27.4. The van der Waals surface area contributed by atoms with Gasteiger partial charge in [-0.25, -0.2) is 8.42 Å². The normalized spacial score (nSPS) is 21.4. The Morgan fingerprint density at radius 2 is 1.41 bits per heavy atom. The summed E-state index contributed by atoms with van der Waals surface area (Å²) in [5.41, 5.74) is 3.13. The monoisotopic (exact) mass is 561 g/mol. The van der Waals surface area contributed by atoms with E-state index in [2.05, 4.69) is 23.8 Å². The van der Waals surface area contributed by atoms with Gasteiger partial charge in [0.1, 0.15) is 0 Å². The molecule has 4 atom stereocenters. The van der Waals surface area contributed by atoms with Gasteiger partial charge in [0.15, 0.2) is 6.29 Å². The Balaban J connectivity index is 1.36. The van der Waals surface area contributed by atoms with Crippen molar-refractivity contribution in [2.45, 2.75) is 41.8 Å². The predicted molar refractivity (Wildman–Crippen MR) is 154 cm³/mol. The Morgan fingerprint density at radius 3 is 2.05 bits per heavy atom. The van der Waals surface area contributed by atoms with Gasteiger partial charge in [0.05, 0.1) is 23.7 Å². The van der Waals surface area contributed by atoms with Gasteiger partial charge in [0.2, 0.25) is 0 Å². The van der Waals surface area contributed by atoms with Crippen LogP contribution in [0, 0.1) is 5.92 Å². The van der Waals surface area contributed by atoms with Crippen LogP contribution in [0.15, 0.2) is 119 Å². The van der Waals surface area contributed by atoms with Crippen LogP contribution < -0.4 is 4.72 Å². The molecule has 39 heavy (non-hydrogen) atoms. The van der Waals surface area contributed by atoms with Crippen LogP contribution in [0.4, 0.5) is 5.69 Å². The van der Waals surface area contributed by atoms with Crippen LogP contribution in [0.5, 0.6) is 0 Å². The van der Waals surface area contributed by atoms with Crippen molar-refractivity contribution in [3.63, 3.8) is 0 Å². The Bertz CT molecular complexity index is 1450. The molecule has 8 heteroatoms. The number of ether oxygens (including phenoxy) is 2. The molecule has 1 aliphatic rings. The Kier molecular flexibility index (Phi) is 8.69. The van der Waals surface area contributed by atoms with Crippen LogP contribution in [0.2, 0.25) is 0 Å². The smallest absolute Gasteiger partial charge is 0.261 e. The molecule has 0 amide bonds. The van der Waals surface area contributed by atoms with E-state index < -0.39 is 16.3 Å². The van der Waals surface area contributed by atoms with Gasteiger partial charge in [-0.05, 0) is 47.5 Å². The third kappa shape index (κ3) is 6.72. The third-order valence-electron chi connectivity index (χ3n) is 6.77. The molecule has 6 nitrogen and oxygen atoms in total. The molecule has 0 bridgehead atoms. The van der Waals surface area contributed by atoms with E-state index in [1.807, 2.05) is 54.6 Å². The number of nitrogens with one attached hydrogen (secondary N) is 1. The molecule has 4 aromatic rings. The molecule has 1 saturated heterocycles. The molecule has 1 heterocycles. The van der Waals surface area contributed by atoms with Crippen LogP contribution in [-0.4, -0.2) is 25.4 Å². The molecule has 1 aliphatic heterocycles. The lowest BCUT2D eigenvalue weighted by molar-refractivity contribution is -0.268. The van der Waals surface area contributed by atoms with E-state index in [0.29, 0.717) is 5.69 Å². The highest BCUT2D eigenvalue weighted by Crippen LogP contribution is 2.43. The van der Waals surface area contributed by atoms with Crippen molar-refractivity contribution >= 4 is 27.5 Å². The zero-order valence-corrected chi connectivity index (χ0v) is 23.1. The first-order valence-corrected chi connectivity index (χ1v) is 15.3. The van der Waals surface area contributed by atoms with Gasteiger partial charge in [-0.3, -0.25) is 4.72 Å². The summed E-state index contributed by atoms with van der Waals surface area (Å²) in [4.78, 5) is 1.38. The summed E-state index contributed by atoms with van der Waals surface area (Å²) in [6, 6.07) is 33.4. The van der Waals surface area contributed by atoms with Crippen LogP contribution in [0.1, 0.15) is 36.0 Å². The van der Waals surface area contributed by atoms with E-state index in [9.17, 15) is 13.5 Å². The Labute approximate surface area is 234 Å². The number of anilines is 1. The molecule has 4 unspecified atom stereocenters. The summed E-state index contributed by atoms with van der Waals surface area (Å²) in [6.45, 7) is 2.13. The maximum atomic E-state index is 12.7. The molecule has 0 saturated carbocycles. The SMILES string of the molecule is CC1C(CSc2ccccc2)OC(c2ccc(NS(=O)(=O)c3ccccc3)cc2)OC1c1ccc(CO)cc1. The highest BCUT2D eigenvalue weighted by Gasteiger charge is 2.38. The molecular weight excluding hydrogens is 530 g/mol. The van der Waals surface area contributed by atoms with Crippen molar-refractivity contribution < 1.29 is 23.0 Å². The van der Waals surface area contributed by atoms with E-state index >= 15 is 0 Å². The molecule has 1 fully saturated rings. The van der Waals surface area contributed by atoms with Gasteiger partial charge in [-0.2, -0.15) is 0 Å². The zero-order chi connectivity index (χ0) is 27.2. The average Bonchev–Trinajstić information content (AvgIpc) is 2.98. The van der Waals surface area contributed by atoms with Crippen LogP contribution in [0.3, 0.4) is 0 Å². The summed E-state index contributed by atoms with van der Waals surface area (Å²) in [5, 5.41) is 9.46. The second kappa shape index (κ2) is 12.4. The first-order valence-electron chi connectivity index (χ1n) is 12.8. The number of sulfonamides is 1. The summed E-state index contributed by atoms with van der Waals surface area (Å²) in [7, 11) is -3.68. The number of hydrogen-bond donors (Lipinski definition) is 2. The average molecular weight is 562 g/mol. The van der Waals surface area contributed by atoms with Crippen molar-refractivity contribution in [3.8, 4) is 0 Å². The van der Waals surface area contributed by atoms with Gasteiger partial charge in [0.25, 0.3) is 10.0 Å². The number of thioether (sulfide) groups is 1. The fraction of sp³-hybridized carbons (Fsp3) is 0.226. The van der Waals surface area contributed by atoms with Crippen LogP contribution in [-0.2, 0) is 26.1 Å². The fourth-order valence-electron chi connectivity index (χ4n) is 4.53. The zero-order valence-electron chi connectivity index (χ0n) is 21.5. The van der Waals surface area contributed by atoms with Crippen molar-refractivity contribution in [2.24, 2.45) is 5.92 Å². The molecule has 4 aromatic carbocycles. The second-order valence-electron chi connectivity index (χ2n) is 9.49. The standard InChI is InChI=1S/C31H31NO5S2/c1-22-29(21-38-27-8-4-2-5-9-27)36-31(37-30(22)24-14-12-23(20-33)13-15-24)25-16-18-26(19-17-25)32-39(34,35)28-10-6-3-7-11-28/h2-19,22,29-33H,20-21H2,1H3.